The zero-order valence-corrected chi connectivity index (χ0v) is 12.5. The second-order valence-corrected chi connectivity index (χ2v) is 5.11. The van der Waals surface area contributed by atoms with E-state index in [4.69, 9.17) is 5.73 Å². The quantitative estimate of drug-likeness (QED) is 0.872. The third kappa shape index (κ3) is 3.63. The molecule has 2 rings (SSSR count). The highest BCUT2D eigenvalue weighted by Crippen LogP contribution is 2.06. The summed E-state index contributed by atoms with van der Waals surface area (Å²) in [5.41, 5.74) is 7.26. The van der Waals surface area contributed by atoms with Gasteiger partial charge >= 0.3 is 0 Å². The second-order valence-electron chi connectivity index (χ2n) is 5.11. The molecule has 0 aliphatic heterocycles. The average Bonchev–Trinajstić information content (AvgIpc) is 2.96. The smallest absolute Gasteiger partial charge is 0.273 e. The van der Waals surface area contributed by atoms with Crippen LogP contribution in [0.5, 0.6) is 0 Å². The van der Waals surface area contributed by atoms with E-state index >= 15 is 0 Å². The fraction of sp³-hybridized carbons (Fsp3) is 0.429. The van der Waals surface area contributed by atoms with Crippen LogP contribution in [0.25, 0.3) is 5.95 Å². The molecule has 7 heteroatoms. The Kier molecular flexibility index (Phi) is 4.64. The third-order valence-electron chi connectivity index (χ3n) is 3.13. The van der Waals surface area contributed by atoms with E-state index in [-0.39, 0.29) is 11.9 Å². The van der Waals surface area contributed by atoms with Crippen molar-refractivity contribution in [3.8, 4) is 5.95 Å². The van der Waals surface area contributed by atoms with Crippen LogP contribution < -0.4 is 5.73 Å². The SMILES string of the molecule is CCC(N)Cc1cnc(-n2ccc(C(=O)N(C)C)n2)nc1. The van der Waals surface area contributed by atoms with E-state index in [0.717, 1.165) is 18.4 Å². The van der Waals surface area contributed by atoms with Crippen LogP contribution in [0.4, 0.5) is 0 Å². The predicted octanol–water partition coefficient (Wildman–Crippen LogP) is 0.644. The molecule has 112 valence electrons. The van der Waals surface area contributed by atoms with E-state index in [1.165, 1.54) is 9.58 Å². The molecule has 2 aromatic heterocycles. The highest BCUT2D eigenvalue weighted by atomic mass is 16.2. The molecule has 0 saturated heterocycles. The van der Waals surface area contributed by atoms with Gasteiger partial charge in [0.25, 0.3) is 5.91 Å². The summed E-state index contributed by atoms with van der Waals surface area (Å²) in [7, 11) is 3.37. The molecule has 0 aliphatic carbocycles. The topological polar surface area (TPSA) is 89.9 Å². The van der Waals surface area contributed by atoms with Crippen LogP contribution in [0.1, 0.15) is 29.4 Å². The molecule has 0 bridgehead atoms. The lowest BCUT2D eigenvalue weighted by Gasteiger charge is -2.08. The number of carbonyl (C=O) groups excluding carboxylic acids is 1. The van der Waals surface area contributed by atoms with Crippen LogP contribution in [-0.2, 0) is 6.42 Å². The Balaban J connectivity index is 2.14. The number of nitrogens with two attached hydrogens (primary N) is 1. The minimum atomic E-state index is -0.153. The molecule has 0 spiro atoms. The number of hydrogen-bond acceptors (Lipinski definition) is 5. The van der Waals surface area contributed by atoms with Gasteiger partial charge in [-0.05, 0) is 24.5 Å². The molecule has 0 radical (unpaired) electrons. The Morgan fingerprint density at radius 3 is 2.62 bits per heavy atom. The maximum absolute atomic E-state index is 11.8. The molecule has 1 unspecified atom stereocenters. The fourth-order valence-corrected chi connectivity index (χ4v) is 1.80. The predicted molar refractivity (Wildman–Crippen MR) is 79.1 cm³/mol. The summed E-state index contributed by atoms with van der Waals surface area (Å²) in [6.07, 6.45) is 6.82. The summed E-state index contributed by atoms with van der Waals surface area (Å²) in [6.45, 7) is 2.05. The summed E-state index contributed by atoms with van der Waals surface area (Å²) in [5, 5.41) is 4.18. The zero-order valence-electron chi connectivity index (χ0n) is 12.5. The Bertz CT molecular complexity index is 604. The number of amides is 1. The van der Waals surface area contributed by atoms with Crippen LogP contribution in [0.15, 0.2) is 24.7 Å². The molecule has 0 fully saturated rings. The summed E-state index contributed by atoms with van der Waals surface area (Å²) in [6, 6.07) is 1.76. The van der Waals surface area contributed by atoms with Gasteiger partial charge in [-0.1, -0.05) is 6.92 Å². The third-order valence-corrected chi connectivity index (χ3v) is 3.13. The number of hydrogen-bond donors (Lipinski definition) is 1. The monoisotopic (exact) mass is 288 g/mol. The first-order chi connectivity index (χ1) is 10.0. The van der Waals surface area contributed by atoms with Crippen molar-refractivity contribution in [2.45, 2.75) is 25.8 Å². The van der Waals surface area contributed by atoms with E-state index in [2.05, 4.69) is 15.1 Å². The van der Waals surface area contributed by atoms with Crippen molar-refractivity contribution in [1.29, 1.82) is 0 Å². The van der Waals surface area contributed by atoms with Crippen LogP contribution in [-0.4, -0.2) is 50.7 Å². The van der Waals surface area contributed by atoms with Gasteiger partial charge < -0.3 is 10.6 Å². The van der Waals surface area contributed by atoms with E-state index in [1.807, 2.05) is 6.92 Å². The van der Waals surface area contributed by atoms with E-state index in [1.54, 1.807) is 38.8 Å². The molecule has 0 saturated carbocycles. The lowest BCUT2D eigenvalue weighted by Crippen LogP contribution is -2.22. The van der Waals surface area contributed by atoms with Gasteiger partial charge in [-0.25, -0.2) is 14.6 Å². The minimum Gasteiger partial charge on any atom is -0.343 e. The minimum absolute atomic E-state index is 0.119. The maximum atomic E-state index is 11.8. The first-order valence-corrected chi connectivity index (χ1v) is 6.85. The molecule has 0 aliphatic rings. The number of nitrogens with zero attached hydrogens (tertiary/aromatic N) is 5. The van der Waals surface area contributed by atoms with Crippen LogP contribution >= 0.6 is 0 Å². The molecule has 7 nitrogen and oxygen atoms in total. The second kappa shape index (κ2) is 6.45. The molecule has 2 heterocycles. The average molecular weight is 288 g/mol. The summed E-state index contributed by atoms with van der Waals surface area (Å²) in [5.74, 6) is 0.279. The van der Waals surface area contributed by atoms with Gasteiger partial charge in [0.2, 0.25) is 5.95 Å². The maximum Gasteiger partial charge on any atom is 0.273 e. The van der Waals surface area contributed by atoms with Gasteiger partial charge in [0.05, 0.1) is 0 Å². The highest BCUT2D eigenvalue weighted by Gasteiger charge is 2.13. The molecular weight excluding hydrogens is 268 g/mol. The molecular formula is C14H20N6O. The van der Waals surface area contributed by atoms with Crippen LogP contribution in [0.3, 0.4) is 0 Å². The first-order valence-electron chi connectivity index (χ1n) is 6.85. The van der Waals surface area contributed by atoms with E-state index in [9.17, 15) is 4.79 Å². The molecule has 1 amide bonds. The highest BCUT2D eigenvalue weighted by molar-refractivity contribution is 5.91. The Morgan fingerprint density at radius 1 is 1.38 bits per heavy atom. The van der Waals surface area contributed by atoms with Gasteiger partial charge in [-0.15, -0.1) is 0 Å². The van der Waals surface area contributed by atoms with Crippen molar-refractivity contribution in [1.82, 2.24) is 24.6 Å². The van der Waals surface area contributed by atoms with Gasteiger partial charge in [-0.3, -0.25) is 4.79 Å². The Labute approximate surface area is 123 Å². The van der Waals surface area contributed by atoms with Crippen molar-refractivity contribution < 1.29 is 4.79 Å². The molecule has 21 heavy (non-hydrogen) atoms. The fourth-order valence-electron chi connectivity index (χ4n) is 1.80. The molecule has 2 aromatic rings. The van der Waals surface area contributed by atoms with Crippen molar-refractivity contribution in [2.75, 3.05) is 14.1 Å². The van der Waals surface area contributed by atoms with Crippen LogP contribution in [0.2, 0.25) is 0 Å². The molecule has 0 aromatic carbocycles. The molecule has 1 atom stereocenters. The lowest BCUT2D eigenvalue weighted by molar-refractivity contribution is 0.0821. The number of carbonyl (C=O) groups is 1. The Morgan fingerprint density at radius 2 is 2.05 bits per heavy atom. The standard InChI is InChI=1S/C14H20N6O/c1-4-11(15)7-10-8-16-14(17-9-10)20-6-5-12(18-20)13(21)19(2)3/h5-6,8-9,11H,4,7,15H2,1-3H3. The van der Waals surface area contributed by atoms with E-state index in [0.29, 0.717) is 11.6 Å². The van der Waals surface area contributed by atoms with Gasteiger partial charge in [-0.2, -0.15) is 5.10 Å². The normalized spacial score (nSPS) is 12.2. The van der Waals surface area contributed by atoms with Crippen molar-refractivity contribution in [3.63, 3.8) is 0 Å². The van der Waals surface area contributed by atoms with Gasteiger partial charge in [0, 0.05) is 38.7 Å². The summed E-state index contributed by atoms with van der Waals surface area (Å²) in [4.78, 5) is 21.8. The number of rotatable bonds is 5. The van der Waals surface area contributed by atoms with Gasteiger partial charge in [0.1, 0.15) is 0 Å². The largest absolute Gasteiger partial charge is 0.343 e. The van der Waals surface area contributed by atoms with Gasteiger partial charge in [0.15, 0.2) is 5.69 Å². The zero-order chi connectivity index (χ0) is 15.4. The van der Waals surface area contributed by atoms with Crippen molar-refractivity contribution in [2.24, 2.45) is 5.73 Å². The first kappa shape index (κ1) is 15.1. The number of aromatic nitrogens is 4. The summed E-state index contributed by atoms with van der Waals surface area (Å²) >= 11 is 0. The summed E-state index contributed by atoms with van der Waals surface area (Å²) < 4.78 is 1.49. The molecule has 2 N–H and O–H groups in total. The van der Waals surface area contributed by atoms with E-state index < -0.39 is 0 Å². The van der Waals surface area contributed by atoms with Crippen LogP contribution in [0, 0.1) is 0 Å². The Hall–Kier alpha value is -2.28. The van der Waals surface area contributed by atoms with Crippen molar-refractivity contribution in [3.05, 3.63) is 35.9 Å². The van der Waals surface area contributed by atoms with Crippen molar-refractivity contribution >= 4 is 5.91 Å². The lowest BCUT2D eigenvalue weighted by atomic mass is 10.1.